The van der Waals surface area contributed by atoms with Gasteiger partial charge >= 0.3 is 6.03 Å². The summed E-state index contributed by atoms with van der Waals surface area (Å²) in [5, 5.41) is 6.92. The lowest BCUT2D eigenvalue weighted by Gasteiger charge is -2.35. The molecule has 1 saturated heterocycles. The number of aromatic nitrogens is 1. The molecule has 2 aromatic rings. The highest BCUT2D eigenvalue weighted by Gasteiger charge is 2.54. The summed E-state index contributed by atoms with van der Waals surface area (Å²) in [5.41, 5.74) is 0.686. The Labute approximate surface area is 164 Å². The zero-order valence-electron chi connectivity index (χ0n) is 16.7. The first-order chi connectivity index (χ1) is 13.3. The van der Waals surface area contributed by atoms with Gasteiger partial charge in [-0.3, -0.25) is 9.78 Å². The van der Waals surface area contributed by atoms with E-state index >= 15 is 0 Å². The highest BCUT2D eigenvalue weighted by atomic mass is 16.3. The van der Waals surface area contributed by atoms with Gasteiger partial charge < -0.3 is 20.0 Å². The number of furan rings is 1. The number of rotatable bonds is 3. The third-order valence-corrected chi connectivity index (χ3v) is 5.94. The molecule has 1 unspecified atom stereocenters. The first kappa shape index (κ1) is 18.8. The Kier molecular flexibility index (Phi) is 4.56. The number of hydrogen-bond donors (Lipinski definition) is 2. The lowest BCUT2D eigenvalue weighted by Crippen LogP contribution is -2.51. The van der Waals surface area contributed by atoms with Crippen molar-refractivity contribution in [2.24, 2.45) is 11.3 Å². The number of likely N-dealkylation sites (tertiary alicyclic amines) is 1. The molecule has 7 heteroatoms. The molecule has 28 heavy (non-hydrogen) atoms. The number of nitrogens with zero attached hydrogens (tertiary/aromatic N) is 2. The van der Waals surface area contributed by atoms with E-state index in [1.807, 2.05) is 31.7 Å². The van der Waals surface area contributed by atoms with E-state index in [1.54, 1.807) is 18.5 Å². The van der Waals surface area contributed by atoms with Gasteiger partial charge in [-0.25, -0.2) is 4.79 Å². The van der Waals surface area contributed by atoms with Gasteiger partial charge in [0.1, 0.15) is 0 Å². The molecule has 1 atom stereocenters. The Balaban J connectivity index is 1.26. The Morgan fingerprint density at radius 1 is 1.32 bits per heavy atom. The number of pyridine rings is 1. The monoisotopic (exact) mass is 384 g/mol. The second kappa shape index (κ2) is 6.79. The summed E-state index contributed by atoms with van der Waals surface area (Å²) in [5.74, 6) is 0.627. The van der Waals surface area contributed by atoms with Crippen LogP contribution in [0.3, 0.4) is 0 Å². The number of fused-ring (bicyclic) bond motifs is 1. The molecule has 7 nitrogen and oxygen atoms in total. The van der Waals surface area contributed by atoms with Crippen LogP contribution < -0.4 is 10.6 Å². The highest BCUT2D eigenvalue weighted by molar-refractivity contribution is 5.95. The maximum atomic E-state index is 12.4. The quantitative estimate of drug-likeness (QED) is 0.851. The fourth-order valence-corrected chi connectivity index (χ4v) is 4.19. The van der Waals surface area contributed by atoms with Crippen molar-refractivity contribution in [3.63, 3.8) is 0 Å². The van der Waals surface area contributed by atoms with E-state index in [0.29, 0.717) is 23.8 Å². The van der Waals surface area contributed by atoms with Crippen molar-refractivity contribution in [1.82, 2.24) is 20.5 Å². The van der Waals surface area contributed by atoms with Crippen LogP contribution in [0.1, 0.15) is 50.6 Å². The molecule has 150 valence electrons. The van der Waals surface area contributed by atoms with Crippen LogP contribution in [0.25, 0.3) is 11.0 Å². The molecule has 2 N–H and O–H groups in total. The predicted octanol–water partition coefficient (Wildman–Crippen LogP) is 3.17. The van der Waals surface area contributed by atoms with Crippen molar-refractivity contribution in [1.29, 1.82) is 0 Å². The molecule has 0 bridgehead atoms. The standard InChI is InChI=1S/C21H28N4O3/c1-20(2,3)24-19(27)25-8-5-21(6-9-25)11-15(21)12-23-18(26)16-10-14-4-7-22-13-17(14)28-16/h4,7,10,13,15H,5-6,8-9,11-12H2,1-3H3,(H,23,26)(H,24,27). The summed E-state index contributed by atoms with van der Waals surface area (Å²) in [6, 6.07) is 3.60. The van der Waals surface area contributed by atoms with Crippen LogP contribution in [0.4, 0.5) is 4.79 Å². The zero-order chi connectivity index (χ0) is 19.9. The average molecular weight is 384 g/mol. The fourth-order valence-electron chi connectivity index (χ4n) is 4.19. The van der Waals surface area contributed by atoms with E-state index in [-0.39, 0.29) is 22.9 Å². The largest absolute Gasteiger partial charge is 0.449 e. The van der Waals surface area contributed by atoms with Gasteiger partial charge in [-0.15, -0.1) is 0 Å². The van der Waals surface area contributed by atoms with Gasteiger partial charge in [0, 0.05) is 36.8 Å². The topological polar surface area (TPSA) is 87.5 Å². The number of hydrogen-bond acceptors (Lipinski definition) is 4. The van der Waals surface area contributed by atoms with E-state index in [1.165, 1.54) is 0 Å². The first-order valence-corrected chi connectivity index (χ1v) is 9.95. The molecule has 0 aromatic carbocycles. The minimum atomic E-state index is -0.217. The third-order valence-electron chi connectivity index (χ3n) is 5.94. The van der Waals surface area contributed by atoms with Crippen LogP contribution in [0.2, 0.25) is 0 Å². The molecule has 2 aliphatic rings. The second-order valence-electron chi connectivity index (χ2n) is 9.16. The van der Waals surface area contributed by atoms with Crippen LogP contribution >= 0.6 is 0 Å². The van der Waals surface area contributed by atoms with Crippen molar-refractivity contribution in [3.8, 4) is 0 Å². The van der Waals surface area contributed by atoms with Crippen LogP contribution in [0, 0.1) is 11.3 Å². The normalized spacial score (nSPS) is 21.0. The molecular weight excluding hydrogens is 356 g/mol. The molecule has 2 aromatic heterocycles. The molecule has 3 amide bonds. The Morgan fingerprint density at radius 3 is 2.75 bits per heavy atom. The van der Waals surface area contributed by atoms with Gasteiger partial charge in [-0.1, -0.05) is 0 Å². The van der Waals surface area contributed by atoms with Gasteiger partial charge in [0.25, 0.3) is 5.91 Å². The lowest BCUT2D eigenvalue weighted by atomic mass is 9.91. The van der Waals surface area contributed by atoms with Gasteiger partial charge in [0.05, 0.1) is 6.20 Å². The van der Waals surface area contributed by atoms with Crippen LogP contribution in [0.5, 0.6) is 0 Å². The smallest absolute Gasteiger partial charge is 0.317 e. The molecule has 1 aliphatic carbocycles. The summed E-state index contributed by atoms with van der Waals surface area (Å²) in [6.45, 7) is 8.20. The maximum Gasteiger partial charge on any atom is 0.317 e. The average Bonchev–Trinajstić information content (AvgIpc) is 3.11. The van der Waals surface area contributed by atoms with Gasteiger partial charge in [0.15, 0.2) is 11.3 Å². The SMILES string of the molecule is CC(C)(C)NC(=O)N1CCC2(CC1)CC2CNC(=O)c1cc2ccncc2o1. The number of carbonyl (C=O) groups excluding carboxylic acids is 2. The Bertz CT molecular complexity index is 857. The minimum absolute atomic E-state index is 0.0206. The van der Waals surface area contributed by atoms with Gasteiger partial charge in [0.2, 0.25) is 0 Å². The van der Waals surface area contributed by atoms with Crippen molar-refractivity contribution >= 4 is 22.9 Å². The van der Waals surface area contributed by atoms with Gasteiger partial charge in [-0.05, 0) is 63.5 Å². The Hall–Kier alpha value is -2.57. The first-order valence-electron chi connectivity index (χ1n) is 9.95. The van der Waals surface area contributed by atoms with E-state index in [2.05, 4.69) is 15.6 Å². The molecule has 3 heterocycles. The predicted molar refractivity (Wildman–Crippen MR) is 106 cm³/mol. The molecule has 1 aliphatic heterocycles. The van der Waals surface area contributed by atoms with E-state index in [4.69, 9.17) is 4.42 Å². The Morgan fingerprint density at radius 2 is 2.07 bits per heavy atom. The number of urea groups is 1. The highest BCUT2D eigenvalue weighted by Crippen LogP contribution is 2.59. The summed E-state index contributed by atoms with van der Waals surface area (Å²) in [6.07, 6.45) is 6.42. The van der Waals surface area contributed by atoms with Crippen LogP contribution in [-0.4, -0.2) is 47.0 Å². The fraction of sp³-hybridized carbons (Fsp3) is 0.571. The molecule has 4 rings (SSSR count). The number of nitrogens with one attached hydrogen (secondary N) is 2. The number of carbonyl (C=O) groups is 2. The zero-order valence-corrected chi connectivity index (χ0v) is 16.7. The van der Waals surface area contributed by atoms with Crippen molar-refractivity contribution in [2.75, 3.05) is 19.6 Å². The third kappa shape index (κ3) is 3.84. The molecular formula is C21H28N4O3. The second-order valence-corrected chi connectivity index (χ2v) is 9.16. The number of amides is 3. The van der Waals surface area contributed by atoms with Crippen LogP contribution in [-0.2, 0) is 0 Å². The molecule has 1 saturated carbocycles. The maximum absolute atomic E-state index is 12.4. The summed E-state index contributed by atoms with van der Waals surface area (Å²) >= 11 is 0. The van der Waals surface area contributed by atoms with Crippen molar-refractivity contribution in [2.45, 2.75) is 45.6 Å². The van der Waals surface area contributed by atoms with Crippen LogP contribution in [0.15, 0.2) is 28.9 Å². The molecule has 0 radical (unpaired) electrons. The number of piperidine rings is 1. The molecule has 2 fully saturated rings. The summed E-state index contributed by atoms with van der Waals surface area (Å²) in [7, 11) is 0. The van der Waals surface area contributed by atoms with E-state index < -0.39 is 0 Å². The van der Waals surface area contributed by atoms with E-state index in [0.717, 1.165) is 37.7 Å². The van der Waals surface area contributed by atoms with Crippen molar-refractivity contribution < 1.29 is 14.0 Å². The van der Waals surface area contributed by atoms with Gasteiger partial charge in [-0.2, -0.15) is 0 Å². The lowest BCUT2D eigenvalue weighted by molar-refractivity contribution is 0.0922. The minimum Gasteiger partial charge on any atom is -0.449 e. The summed E-state index contributed by atoms with van der Waals surface area (Å²) < 4.78 is 5.57. The summed E-state index contributed by atoms with van der Waals surface area (Å²) in [4.78, 5) is 30.6. The van der Waals surface area contributed by atoms with E-state index in [9.17, 15) is 9.59 Å². The van der Waals surface area contributed by atoms with Crippen molar-refractivity contribution in [3.05, 3.63) is 30.3 Å². The molecule has 1 spiro atoms.